The zero-order chi connectivity index (χ0) is 18.8. The van der Waals surface area contributed by atoms with Crippen molar-refractivity contribution in [3.8, 4) is 0 Å². The lowest BCUT2D eigenvalue weighted by Crippen LogP contribution is -2.48. The number of benzene rings is 2. The summed E-state index contributed by atoms with van der Waals surface area (Å²) in [7, 11) is 0. The summed E-state index contributed by atoms with van der Waals surface area (Å²) in [4.78, 5) is 37.5. The highest BCUT2D eigenvalue weighted by atomic mass is 35.5. The predicted octanol–water partition coefficient (Wildman–Crippen LogP) is 2.35. The van der Waals surface area contributed by atoms with E-state index in [-0.39, 0.29) is 12.1 Å². The van der Waals surface area contributed by atoms with Crippen LogP contribution in [0.25, 0.3) is 0 Å². The van der Waals surface area contributed by atoms with Gasteiger partial charge in [0, 0.05) is 10.6 Å². The normalized spacial score (nSPS) is 16.9. The van der Waals surface area contributed by atoms with Crippen molar-refractivity contribution in [2.45, 2.75) is 19.4 Å². The Morgan fingerprint density at radius 2 is 1.88 bits per heavy atom. The van der Waals surface area contributed by atoms with Crippen LogP contribution in [0, 0.1) is 12.7 Å². The molecule has 26 heavy (non-hydrogen) atoms. The Hall–Kier alpha value is -2.77. The number of nitrogens with zero attached hydrogens (tertiary/aromatic N) is 1. The van der Waals surface area contributed by atoms with Crippen LogP contribution < -0.4 is 15.8 Å². The summed E-state index contributed by atoms with van der Waals surface area (Å²) in [5, 5.41) is 0.488. The van der Waals surface area contributed by atoms with Crippen LogP contribution >= 0.6 is 11.6 Å². The first-order valence-corrected chi connectivity index (χ1v) is 8.19. The molecular formula is C18H15ClFN3O3. The van der Waals surface area contributed by atoms with Crippen LogP contribution in [0.5, 0.6) is 0 Å². The Kier molecular flexibility index (Phi) is 5.01. The number of carbonyl (C=O) groups excluding carboxylic acids is 3. The molecule has 134 valence electrons. The molecule has 8 heteroatoms. The summed E-state index contributed by atoms with van der Waals surface area (Å²) in [6.07, 6.45) is -0.187. The van der Waals surface area contributed by atoms with Gasteiger partial charge in [-0.15, -0.1) is 0 Å². The summed E-state index contributed by atoms with van der Waals surface area (Å²) in [5.74, 6) is -2.32. The summed E-state index contributed by atoms with van der Waals surface area (Å²) in [6, 6.07) is 9.44. The number of halogens is 2. The molecule has 1 heterocycles. The third-order valence-corrected chi connectivity index (χ3v) is 4.21. The minimum atomic E-state index is -0.973. The molecule has 1 aliphatic heterocycles. The lowest BCUT2D eigenvalue weighted by atomic mass is 10.2. The minimum absolute atomic E-state index is 0.0982. The van der Waals surface area contributed by atoms with E-state index in [9.17, 15) is 18.8 Å². The number of anilines is 1. The third-order valence-electron chi connectivity index (χ3n) is 3.96. The van der Waals surface area contributed by atoms with Crippen LogP contribution in [0.2, 0.25) is 5.02 Å². The van der Waals surface area contributed by atoms with E-state index in [1.807, 2.05) is 0 Å². The maximum atomic E-state index is 14.1. The Morgan fingerprint density at radius 1 is 1.19 bits per heavy atom. The summed E-state index contributed by atoms with van der Waals surface area (Å²) < 4.78 is 14.1. The molecule has 1 fully saturated rings. The molecule has 2 N–H and O–H groups in total. The van der Waals surface area contributed by atoms with Gasteiger partial charge in [-0.2, -0.15) is 0 Å². The van der Waals surface area contributed by atoms with Crippen molar-refractivity contribution in [3.63, 3.8) is 0 Å². The molecule has 1 atom stereocenters. The standard InChI is InChI=1S/C18H15ClFN3O3/c1-10-2-7-15(13(20)8-10)23-16(24)9-14(18(23)26)21-22-17(25)11-3-5-12(19)6-4-11/h2-8,14,21H,9H2,1H3,(H,22,25). The van der Waals surface area contributed by atoms with Gasteiger partial charge < -0.3 is 0 Å². The molecule has 3 rings (SSSR count). The molecule has 0 radical (unpaired) electrons. The molecule has 3 amide bonds. The predicted molar refractivity (Wildman–Crippen MR) is 94.1 cm³/mol. The highest BCUT2D eigenvalue weighted by molar-refractivity contribution is 6.30. The average Bonchev–Trinajstić information content (AvgIpc) is 2.88. The van der Waals surface area contributed by atoms with Crippen molar-refractivity contribution in [1.82, 2.24) is 10.9 Å². The zero-order valence-corrected chi connectivity index (χ0v) is 14.5. The van der Waals surface area contributed by atoms with Gasteiger partial charge in [-0.25, -0.2) is 14.7 Å². The number of hydrogen-bond donors (Lipinski definition) is 2. The van der Waals surface area contributed by atoms with E-state index in [0.29, 0.717) is 16.1 Å². The lowest BCUT2D eigenvalue weighted by molar-refractivity contribution is -0.121. The lowest BCUT2D eigenvalue weighted by Gasteiger charge is -2.17. The Labute approximate surface area is 153 Å². The largest absolute Gasteiger partial charge is 0.287 e. The number of aryl methyl sites for hydroxylation is 1. The van der Waals surface area contributed by atoms with E-state index in [0.717, 1.165) is 4.90 Å². The molecule has 0 aliphatic carbocycles. The Balaban J connectivity index is 1.69. The van der Waals surface area contributed by atoms with Gasteiger partial charge in [0.05, 0.1) is 12.1 Å². The van der Waals surface area contributed by atoms with Gasteiger partial charge in [-0.05, 0) is 48.9 Å². The molecule has 2 aromatic carbocycles. The fourth-order valence-electron chi connectivity index (χ4n) is 2.62. The second kappa shape index (κ2) is 7.23. The molecule has 0 bridgehead atoms. The van der Waals surface area contributed by atoms with E-state index in [2.05, 4.69) is 10.9 Å². The third kappa shape index (κ3) is 3.58. The summed E-state index contributed by atoms with van der Waals surface area (Å²) in [6.45, 7) is 1.71. The van der Waals surface area contributed by atoms with Crippen molar-refractivity contribution in [2.75, 3.05) is 4.90 Å². The molecule has 6 nitrogen and oxygen atoms in total. The highest BCUT2D eigenvalue weighted by Gasteiger charge is 2.40. The van der Waals surface area contributed by atoms with Crippen LogP contribution in [0.15, 0.2) is 42.5 Å². The van der Waals surface area contributed by atoms with Crippen LogP contribution in [0.4, 0.5) is 10.1 Å². The zero-order valence-electron chi connectivity index (χ0n) is 13.8. The maximum absolute atomic E-state index is 14.1. The second-order valence-corrected chi connectivity index (χ2v) is 6.32. The minimum Gasteiger partial charge on any atom is -0.287 e. The summed E-state index contributed by atoms with van der Waals surface area (Å²) in [5.41, 5.74) is 5.83. The van der Waals surface area contributed by atoms with Gasteiger partial charge >= 0.3 is 0 Å². The Bertz CT molecular complexity index is 886. The molecular weight excluding hydrogens is 361 g/mol. The van der Waals surface area contributed by atoms with Gasteiger partial charge in [0.1, 0.15) is 11.9 Å². The first-order valence-electron chi connectivity index (χ1n) is 7.81. The quantitative estimate of drug-likeness (QED) is 0.635. The monoisotopic (exact) mass is 375 g/mol. The maximum Gasteiger partial charge on any atom is 0.265 e. The fourth-order valence-corrected chi connectivity index (χ4v) is 2.74. The van der Waals surface area contributed by atoms with Crippen LogP contribution in [-0.2, 0) is 9.59 Å². The van der Waals surface area contributed by atoms with Crippen molar-refractivity contribution in [1.29, 1.82) is 0 Å². The Morgan fingerprint density at radius 3 is 2.54 bits per heavy atom. The van der Waals surface area contributed by atoms with E-state index < -0.39 is 29.6 Å². The number of imide groups is 1. The van der Waals surface area contributed by atoms with Crippen LogP contribution in [0.1, 0.15) is 22.3 Å². The van der Waals surface area contributed by atoms with E-state index >= 15 is 0 Å². The number of nitrogens with one attached hydrogen (secondary N) is 2. The molecule has 1 saturated heterocycles. The molecule has 0 spiro atoms. The molecule has 1 unspecified atom stereocenters. The first-order chi connectivity index (χ1) is 12.4. The molecule has 0 saturated carbocycles. The number of rotatable bonds is 4. The smallest absolute Gasteiger partial charge is 0.265 e. The van der Waals surface area contributed by atoms with Crippen molar-refractivity contribution >= 4 is 35.0 Å². The summed E-state index contributed by atoms with van der Waals surface area (Å²) >= 11 is 5.76. The van der Waals surface area contributed by atoms with Crippen LogP contribution in [0.3, 0.4) is 0 Å². The van der Waals surface area contributed by atoms with Crippen molar-refractivity contribution in [3.05, 3.63) is 64.4 Å². The van der Waals surface area contributed by atoms with Gasteiger partial charge in [-0.1, -0.05) is 17.7 Å². The first kappa shape index (κ1) is 18.0. The van der Waals surface area contributed by atoms with Crippen LogP contribution in [-0.4, -0.2) is 23.8 Å². The highest BCUT2D eigenvalue weighted by Crippen LogP contribution is 2.26. The number of hydrogen-bond acceptors (Lipinski definition) is 4. The second-order valence-electron chi connectivity index (χ2n) is 5.88. The number of carbonyl (C=O) groups is 3. The molecule has 0 aromatic heterocycles. The van der Waals surface area contributed by atoms with E-state index in [4.69, 9.17) is 11.6 Å². The van der Waals surface area contributed by atoms with Gasteiger partial charge in [0.15, 0.2) is 0 Å². The van der Waals surface area contributed by atoms with Crippen molar-refractivity contribution in [2.24, 2.45) is 0 Å². The van der Waals surface area contributed by atoms with Gasteiger partial charge in [0.2, 0.25) is 5.91 Å². The fraction of sp³-hybridized carbons (Fsp3) is 0.167. The topological polar surface area (TPSA) is 78.5 Å². The van der Waals surface area contributed by atoms with E-state index in [1.165, 1.54) is 24.3 Å². The van der Waals surface area contributed by atoms with Gasteiger partial charge in [0.25, 0.3) is 11.8 Å². The van der Waals surface area contributed by atoms with Gasteiger partial charge in [-0.3, -0.25) is 19.8 Å². The molecule has 1 aliphatic rings. The number of hydrazine groups is 1. The number of amides is 3. The molecule has 2 aromatic rings. The van der Waals surface area contributed by atoms with E-state index in [1.54, 1.807) is 25.1 Å². The SMILES string of the molecule is Cc1ccc(N2C(=O)CC(NNC(=O)c3ccc(Cl)cc3)C2=O)c(F)c1. The van der Waals surface area contributed by atoms with Crippen molar-refractivity contribution < 1.29 is 18.8 Å². The average molecular weight is 376 g/mol.